The van der Waals surface area contributed by atoms with E-state index in [4.69, 9.17) is 10.5 Å². The van der Waals surface area contributed by atoms with Gasteiger partial charge in [-0.2, -0.15) is 36.3 Å². The number of pyridine rings is 1. The number of anilines is 2. The fourth-order valence-electron chi connectivity index (χ4n) is 7.52. The van der Waals surface area contributed by atoms with E-state index >= 15 is 4.39 Å². The lowest BCUT2D eigenvalue weighted by Gasteiger charge is -2.32. The van der Waals surface area contributed by atoms with Crippen molar-refractivity contribution in [3.8, 4) is 17.3 Å². The number of carbonyl (C=O) groups is 1. The topological polar surface area (TPSA) is 101 Å². The molecule has 2 saturated heterocycles. The highest BCUT2D eigenvalue weighted by molar-refractivity contribution is 5.95. The fourth-order valence-corrected chi connectivity index (χ4v) is 7.52. The smallest absolute Gasteiger partial charge is 0.418 e. The zero-order chi connectivity index (χ0) is 35.8. The third-order valence-electron chi connectivity index (χ3n) is 10.2. The first-order valence-electron chi connectivity index (χ1n) is 15.8. The van der Waals surface area contributed by atoms with Crippen LogP contribution in [-0.2, 0) is 17.1 Å². The molecular weight excluding hydrogens is 659 g/mol. The number of aromatic nitrogens is 3. The van der Waals surface area contributed by atoms with Crippen LogP contribution in [0.3, 0.4) is 0 Å². The van der Waals surface area contributed by atoms with Gasteiger partial charge in [0.05, 0.1) is 28.4 Å². The molecule has 2 N–H and O–H groups in total. The number of nitrogens with zero attached hydrogens (tertiary/aromatic N) is 6. The lowest BCUT2D eigenvalue weighted by molar-refractivity contribution is -0.139. The predicted molar refractivity (Wildman–Crippen MR) is 168 cm³/mol. The minimum absolute atomic E-state index is 0.0295. The van der Waals surface area contributed by atoms with Crippen LogP contribution >= 0.6 is 0 Å². The maximum absolute atomic E-state index is 16.8. The Morgan fingerprint density at radius 2 is 1.86 bits per heavy atom. The number of aryl methyl sites for hydroxylation is 1. The Morgan fingerprint density at radius 1 is 1.16 bits per heavy atom. The van der Waals surface area contributed by atoms with E-state index in [2.05, 4.69) is 26.4 Å². The van der Waals surface area contributed by atoms with Gasteiger partial charge in [0.1, 0.15) is 23.8 Å². The Hall–Kier alpha value is -4.21. The summed E-state index contributed by atoms with van der Waals surface area (Å²) in [6.45, 7) is 7.57. The summed E-state index contributed by atoms with van der Waals surface area (Å²) in [4.78, 5) is 29.9. The van der Waals surface area contributed by atoms with Gasteiger partial charge in [-0.15, -0.1) is 0 Å². The Labute approximate surface area is 277 Å². The molecule has 1 aromatic carbocycles. The average Bonchev–Trinajstić information content (AvgIpc) is 3.53. The molecule has 1 aliphatic carbocycles. The van der Waals surface area contributed by atoms with E-state index in [0.717, 1.165) is 44.9 Å². The van der Waals surface area contributed by atoms with Crippen molar-refractivity contribution in [2.75, 3.05) is 44.4 Å². The largest absolute Gasteiger partial charge is 0.462 e. The van der Waals surface area contributed by atoms with Crippen LogP contribution in [0.5, 0.6) is 6.01 Å². The summed E-state index contributed by atoms with van der Waals surface area (Å²) < 4.78 is 110. The molecular formula is C33H36F7N7O2. The summed E-state index contributed by atoms with van der Waals surface area (Å²) in [5.41, 5.74) is -1.31. The average molecular weight is 696 g/mol. The van der Waals surface area contributed by atoms with Crippen molar-refractivity contribution in [1.29, 1.82) is 0 Å². The van der Waals surface area contributed by atoms with Gasteiger partial charge in [0, 0.05) is 37.6 Å². The van der Waals surface area contributed by atoms with Gasteiger partial charge in [0.25, 0.3) is 0 Å². The van der Waals surface area contributed by atoms with E-state index < -0.39 is 74.9 Å². The maximum Gasteiger partial charge on any atom is 0.418 e. The number of nitrogen functional groups attached to an aromatic ring is 1. The van der Waals surface area contributed by atoms with E-state index in [9.17, 15) is 31.1 Å². The molecule has 1 saturated carbocycles. The summed E-state index contributed by atoms with van der Waals surface area (Å²) in [5, 5.41) is -0.409. The van der Waals surface area contributed by atoms with Crippen molar-refractivity contribution in [3.63, 3.8) is 0 Å². The van der Waals surface area contributed by atoms with Crippen LogP contribution in [-0.4, -0.2) is 82.6 Å². The van der Waals surface area contributed by atoms with Crippen LogP contribution in [0.15, 0.2) is 24.8 Å². The standard InChI is InChI=1S/C33H36F7N7O2/c1-6-23(48)47-10-7-21(17(47)3)46(5)29-19-12-20(32(35,36)37)24(28-25(33(38,39)40)16(2)11-22(41)42-28)26(34)27(19)43-30(44-29)49-14-18-13-31(8-9-31)15-45(18)4/h6,11-12,17-18,21H,1,7-10,13-15H2,2-5H3,(H2,41,42)/t17-,18+,21-/m1/s1. The maximum atomic E-state index is 16.8. The van der Waals surface area contributed by atoms with Crippen LogP contribution in [0.1, 0.15) is 49.3 Å². The third-order valence-corrected chi connectivity index (χ3v) is 10.2. The van der Waals surface area contributed by atoms with Gasteiger partial charge in [0.2, 0.25) is 5.91 Å². The molecule has 0 unspecified atom stereocenters. The van der Waals surface area contributed by atoms with Crippen LogP contribution in [0.2, 0.25) is 0 Å². The van der Waals surface area contributed by atoms with E-state index in [0.29, 0.717) is 19.0 Å². The number of hydrogen-bond acceptors (Lipinski definition) is 8. The Kier molecular flexibility index (Phi) is 8.47. The van der Waals surface area contributed by atoms with Gasteiger partial charge < -0.3 is 20.3 Å². The van der Waals surface area contributed by atoms with E-state index in [1.165, 1.54) is 4.90 Å². The molecule has 3 aromatic rings. The number of rotatable bonds is 7. The molecule has 49 heavy (non-hydrogen) atoms. The molecule has 3 fully saturated rings. The summed E-state index contributed by atoms with van der Waals surface area (Å²) in [6.07, 6.45) is -5.95. The monoisotopic (exact) mass is 695 g/mol. The number of alkyl halides is 6. The number of nitrogens with two attached hydrogens (primary N) is 1. The molecule has 3 aliphatic rings. The molecule has 6 rings (SSSR count). The van der Waals surface area contributed by atoms with Gasteiger partial charge >= 0.3 is 18.4 Å². The molecule has 1 spiro atoms. The van der Waals surface area contributed by atoms with Crippen molar-refractivity contribution >= 4 is 28.4 Å². The first kappa shape index (κ1) is 34.6. The number of hydrogen-bond donors (Lipinski definition) is 1. The minimum atomic E-state index is -5.34. The summed E-state index contributed by atoms with van der Waals surface area (Å²) in [6, 6.07) is 0.0656. The van der Waals surface area contributed by atoms with Crippen LogP contribution in [0.25, 0.3) is 22.2 Å². The second-order valence-electron chi connectivity index (χ2n) is 13.4. The van der Waals surface area contributed by atoms with E-state index in [1.807, 2.05) is 7.05 Å². The molecule has 9 nitrogen and oxygen atoms in total. The minimum Gasteiger partial charge on any atom is -0.462 e. The van der Waals surface area contributed by atoms with Crippen molar-refractivity contribution in [1.82, 2.24) is 24.8 Å². The van der Waals surface area contributed by atoms with Crippen molar-refractivity contribution in [2.45, 2.75) is 70.0 Å². The zero-order valence-corrected chi connectivity index (χ0v) is 27.3. The highest BCUT2D eigenvalue weighted by Crippen LogP contribution is 2.54. The third kappa shape index (κ3) is 6.23. The number of carbonyl (C=O) groups excluding carboxylic acids is 1. The first-order chi connectivity index (χ1) is 22.8. The number of fused-ring (bicyclic) bond motifs is 1. The molecule has 2 aromatic heterocycles. The molecule has 3 atom stereocenters. The highest BCUT2D eigenvalue weighted by atomic mass is 19.4. The number of benzene rings is 1. The summed E-state index contributed by atoms with van der Waals surface area (Å²) >= 11 is 0. The molecule has 1 amide bonds. The number of likely N-dealkylation sites (tertiary alicyclic amines) is 2. The SMILES string of the molecule is C=CC(=O)N1CC[C@@H](N(C)c2nc(OC[C@@H]3CC4(CC4)CN3C)nc3c(F)c(-c4nc(N)cc(C)c4C(F)(F)F)c(C(F)(F)F)cc23)[C@H]1C. The number of amides is 1. The molecule has 4 heterocycles. The number of ether oxygens (including phenoxy) is 1. The Bertz CT molecular complexity index is 1830. The van der Waals surface area contributed by atoms with Gasteiger partial charge in [-0.3, -0.25) is 9.69 Å². The Morgan fingerprint density at radius 3 is 2.45 bits per heavy atom. The zero-order valence-electron chi connectivity index (χ0n) is 27.3. The fraction of sp³-hybridized carbons (Fsp3) is 0.515. The van der Waals surface area contributed by atoms with E-state index in [-0.39, 0.29) is 35.8 Å². The summed E-state index contributed by atoms with van der Waals surface area (Å²) in [5.74, 6) is -2.70. The van der Waals surface area contributed by atoms with Gasteiger partial charge in [-0.1, -0.05) is 6.58 Å². The highest BCUT2D eigenvalue weighted by Gasteiger charge is 2.51. The summed E-state index contributed by atoms with van der Waals surface area (Å²) in [7, 11) is 3.49. The van der Waals surface area contributed by atoms with Gasteiger partial charge in [-0.05, 0) is 75.8 Å². The molecule has 0 bridgehead atoms. The number of likely N-dealkylation sites (N-methyl/N-ethyl adjacent to an activating group) is 2. The second-order valence-corrected chi connectivity index (χ2v) is 13.4. The van der Waals surface area contributed by atoms with Gasteiger partial charge in [-0.25, -0.2) is 9.37 Å². The Balaban J connectivity index is 1.56. The lowest BCUT2D eigenvalue weighted by atomic mass is 9.94. The van der Waals surface area contributed by atoms with Crippen molar-refractivity contribution in [3.05, 3.63) is 47.3 Å². The molecule has 2 aliphatic heterocycles. The number of halogens is 7. The first-order valence-corrected chi connectivity index (χ1v) is 15.8. The van der Waals surface area contributed by atoms with Gasteiger partial charge in [0.15, 0.2) is 5.82 Å². The van der Waals surface area contributed by atoms with E-state index in [1.54, 1.807) is 18.9 Å². The van der Waals surface area contributed by atoms with Crippen molar-refractivity contribution in [2.24, 2.45) is 5.41 Å². The van der Waals surface area contributed by atoms with Crippen LogP contribution in [0.4, 0.5) is 42.4 Å². The lowest BCUT2D eigenvalue weighted by Crippen LogP contribution is -2.43. The quantitative estimate of drug-likeness (QED) is 0.229. The molecule has 16 heteroatoms. The van der Waals surface area contributed by atoms with Crippen LogP contribution in [0, 0.1) is 18.2 Å². The molecule has 264 valence electrons. The van der Waals surface area contributed by atoms with Crippen molar-refractivity contribution < 1.29 is 40.3 Å². The normalized spacial score (nSPS) is 22.3. The molecule has 0 radical (unpaired) electrons. The predicted octanol–water partition coefficient (Wildman–Crippen LogP) is 6.23. The second kappa shape index (κ2) is 12.0. The van der Waals surface area contributed by atoms with Crippen LogP contribution < -0.4 is 15.4 Å².